The van der Waals surface area contributed by atoms with Gasteiger partial charge in [0.15, 0.2) is 17.3 Å². The number of ketones is 1. The maximum atomic E-state index is 11.8. The number of aromatic nitrogens is 2. The number of phenolic OH excluding ortho intramolecular Hbond substituents is 2. The van der Waals surface area contributed by atoms with Crippen LogP contribution in [0.3, 0.4) is 0 Å². The Labute approximate surface area is 108 Å². The van der Waals surface area contributed by atoms with Gasteiger partial charge >= 0.3 is 0 Å². The van der Waals surface area contributed by atoms with Gasteiger partial charge in [0.05, 0.1) is 11.9 Å². The molecule has 0 unspecified atom stereocenters. The van der Waals surface area contributed by atoms with Crippen LogP contribution in [0.25, 0.3) is 0 Å². The lowest BCUT2D eigenvalue weighted by Gasteiger charge is -2.02. The Morgan fingerprint density at radius 3 is 2.72 bits per heavy atom. The predicted octanol–water partition coefficient (Wildman–Crippen LogP) is 1.86. The second kappa shape index (κ2) is 5.50. The van der Waals surface area contributed by atoms with Crippen molar-refractivity contribution in [2.45, 2.75) is 5.03 Å². The van der Waals surface area contributed by atoms with Crippen molar-refractivity contribution in [2.75, 3.05) is 5.75 Å². The maximum Gasteiger partial charge on any atom is 0.173 e. The summed E-state index contributed by atoms with van der Waals surface area (Å²) >= 11 is 1.27. The molecule has 6 heteroatoms. The van der Waals surface area contributed by atoms with Gasteiger partial charge in [0, 0.05) is 18.0 Å². The highest BCUT2D eigenvalue weighted by atomic mass is 32.2. The monoisotopic (exact) mass is 262 g/mol. The molecule has 0 spiro atoms. The van der Waals surface area contributed by atoms with E-state index in [0.29, 0.717) is 10.6 Å². The van der Waals surface area contributed by atoms with Gasteiger partial charge < -0.3 is 10.2 Å². The molecule has 18 heavy (non-hydrogen) atoms. The fraction of sp³-hybridized carbons (Fsp3) is 0.0833. The van der Waals surface area contributed by atoms with Crippen LogP contribution in [-0.2, 0) is 0 Å². The minimum Gasteiger partial charge on any atom is -0.504 e. The van der Waals surface area contributed by atoms with Crippen LogP contribution in [0, 0.1) is 0 Å². The number of aromatic hydroxyl groups is 2. The van der Waals surface area contributed by atoms with Gasteiger partial charge in [-0.15, -0.1) is 0 Å². The number of benzene rings is 1. The average molecular weight is 262 g/mol. The van der Waals surface area contributed by atoms with Crippen molar-refractivity contribution in [1.29, 1.82) is 0 Å². The van der Waals surface area contributed by atoms with Crippen molar-refractivity contribution < 1.29 is 15.0 Å². The molecule has 2 N–H and O–H groups in total. The summed E-state index contributed by atoms with van der Waals surface area (Å²) in [6.45, 7) is 0. The van der Waals surface area contributed by atoms with Crippen LogP contribution in [0.5, 0.6) is 11.5 Å². The van der Waals surface area contributed by atoms with Gasteiger partial charge in [0.2, 0.25) is 0 Å². The van der Waals surface area contributed by atoms with Crippen molar-refractivity contribution in [3.63, 3.8) is 0 Å². The molecule has 0 radical (unpaired) electrons. The molecule has 5 nitrogen and oxygen atoms in total. The fourth-order valence-corrected chi connectivity index (χ4v) is 2.00. The summed E-state index contributed by atoms with van der Waals surface area (Å²) in [5.74, 6) is -0.498. The van der Waals surface area contributed by atoms with Crippen LogP contribution in [-0.4, -0.2) is 31.7 Å². The number of carbonyl (C=O) groups excluding carboxylic acids is 1. The molecule has 0 amide bonds. The molecule has 0 fully saturated rings. The normalized spacial score (nSPS) is 10.2. The number of hydrogen-bond donors (Lipinski definition) is 2. The summed E-state index contributed by atoms with van der Waals surface area (Å²) < 4.78 is 0. The minimum atomic E-state index is -0.301. The largest absolute Gasteiger partial charge is 0.504 e. The smallest absolute Gasteiger partial charge is 0.173 e. The molecular weight excluding hydrogens is 252 g/mol. The molecule has 2 aromatic rings. The zero-order valence-corrected chi connectivity index (χ0v) is 10.1. The molecule has 0 bridgehead atoms. The molecule has 92 valence electrons. The lowest BCUT2D eigenvalue weighted by Crippen LogP contribution is -2.02. The molecule has 0 aliphatic carbocycles. The Morgan fingerprint density at radius 1 is 1.22 bits per heavy atom. The first kappa shape index (κ1) is 12.4. The Balaban J connectivity index is 2.02. The van der Waals surface area contributed by atoms with Gasteiger partial charge in [-0.2, -0.15) is 0 Å². The summed E-state index contributed by atoms with van der Waals surface area (Å²) in [6.07, 6.45) is 4.69. The van der Waals surface area contributed by atoms with Gasteiger partial charge in [0.1, 0.15) is 5.03 Å². The highest BCUT2D eigenvalue weighted by molar-refractivity contribution is 7.99. The molecule has 0 aliphatic heterocycles. The molecule has 0 atom stereocenters. The van der Waals surface area contributed by atoms with Gasteiger partial charge in [-0.1, -0.05) is 11.8 Å². The first-order chi connectivity index (χ1) is 8.66. The number of hydrogen-bond acceptors (Lipinski definition) is 6. The standard InChI is InChI=1S/C12H10N2O3S/c15-9-2-1-8(5-10(9)16)11(17)7-18-12-6-13-3-4-14-12/h1-6,15-16H,7H2. The summed E-state index contributed by atoms with van der Waals surface area (Å²) in [7, 11) is 0. The third-order valence-electron chi connectivity index (χ3n) is 2.19. The summed E-state index contributed by atoms with van der Waals surface area (Å²) in [6, 6.07) is 4.00. The van der Waals surface area contributed by atoms with Gasteiger partial charge in [-0.3, -0.25) is 9.78 Å². The van der Waals surface area contributed by atoms with Gasteiger partial charge in [0.25, 0.3) is 0 Å². The van der Waals surface area contributed by atoms with E-state index in [1.54, 1.807) is 18.6 Å². The molecule has 1 aromatic carbocycles. The van der Waals surface area contributed by atoms with Crippen molar-refractivity contribution in [3.05, 3.63) is 42.4 Å². The maximum absolute atomic E-state index is 11.8. The van der Waals surface area contributed by atoms with E-state index in [1.807, 2.05) is 0 Å². The fourth-order valence-electron chi connectivity index (χ4n) is 1.28. The van der Waals surface area contributed by atoms with E-state index in [0.717, 1.165) is 0 Å². The van der Waals surface area contributed by atoms with Crippen molar-refractivity contribution in [1.82, 2.24) is 9.97 Å². The third kappa shape index (κ3) is 2.98. The van der Waals surface area contributed by atoms with Crippen LogP contribution in [0.2, 0.25) is 0 Å². The topological polar surface area (TPSA) is 83.3 Å². The number of phenols is 2. The van der Waals surface area contributed by atoms with Crippen LogP contribution < -0.4 is 0 Å². The first-order valence-corrected chi connectivity index (χ1v) is 6.09. The molecule has 1 aromatic heterocycles. The molecule has 1 heterocycles. The summed E-state index contributed by atoms with van der Waals surface area (Å²) in [4.78, 5) is 19.7. The molecule has 0 saturated carbocycles. The average Bonchev–Trinajstić information content (AvgIpc) is 2.40. The number of Topliss-reactive ketones (excluding diaryl/α,β-unsaturated/α-hetero) is 1. The highest BCUT2D eigenvalue weighted by Gasteiger charge is 2.09. The highest BCUT2D eigenvalue weighted by Crippen LogP contribution is 2.26. The summed E-state index contributed by atoms with van der Waals surface area (Å²) in [5.41, 5.74) is 0.349. The Bertz CT molecular complexity index is 561. The lowest BCUT2D eigenvalue weighted by atomic mass is 10.1. The molecule has 0 saturated heterocycles. The Hall–Kier alpha value is -2.08. The van der Waals surface area contributed by atoms with Gasteiger partial charge in [-0.25, -0.2) is 4.98 Å². The molecule has 2 rings (SSSR count). The predicted molar refractivity (Wildman–Crippen MR) is 66.9 cm³/mol. The van der Waals surface area contributed by atoms with Crippen molar-refractivity contribution in [3.8, 4) is 11.5 Å². The number of thioether (sulfide) groups is 1. The lowest BCUT2D eigenvalue weighted by molar-refractivity contribution is 0.102. The zero-order chi connectivity index (χ0) is 13.0. The number of rotatable bonds is 4. The zero-order valence-electron chi connectivity index (χ0n) is 9.28. The second-order valence-electron chi connectivity index (χ2n) is 3.46. The van der Waals surface area contributed by atoms with Crippen molar-refractivity contribution >= 4 is 17.5 Å². The van der Waals surface area contributed by atoms with E-state index < -0.39 is 0 Å². The molecular formula is C12H10N2O3S. The quantitative estimate of drug-likeness (QED) is 0.497. The van der Waals surface area contributed by atoms with E-state index in [2.05, 4.69) is 9.97 Å². The van der Waals surface area contributed by atoms with Crippen LogP contribution in [0.4, 0.5) is 0 Å². The number of carbonyl (C=O) groups is 1. The van der Waals surface area contributed by atoms with Crippen LogP contribution in [0.15, 0.2) is 41.8 Å². The van der Waals surface area contributed by atoms with E-state index in [-0.39, 0.29) is 23.0 Å². The van der Waals surface area contributed by atoms with E-state index in [4.69, 9.17) is 5.11 Å². The van der Waals surface area contributed by atoms with Gasteiger partial charge in [-0.05, 0) is 18.2 Å². The van der Waals surface area contributed by atoms with E-state index >= 15 is 0 Å². The van der Waals surface area contributed by atoms with Crippen LogP contribution in [0.1, 0.15) is 10.4 Å². The minimum absolute atomic E-state index is 0.152. The first-order valence-electron chi connectivity index (χ1n) is 5.11. The summed E-state index contributed by atoms with van der Waals surface area (Å²) in [5, 5.41) is 19.1. The van der Waals surface area contributed by atoms with Crippen molar-refractivity contribution in [2.24, 2.45) is 0 Å². The van der Waals surface area contributed by atoms with E-state index in [1.165, 1.54) is 30.0 Å². The second-order valence-corrected chi connectivity index (χ2v) is 4.45. The Kier molecular flexibility index (Phi) is 3.78. The molecule has 0 aliphatic rings. The Morgan fingerprint density at radius 2 is 2.06 bits per heavy atom. The van der Waals surface area contributed by atoms with E-state index in [9.17, 15) is 9.90 Å². The SMILES string of the molecule is O=C(CSc1cnccn1)c1ccc(O)c(O)c1. The third-order valence-corrected chi connectivity index (χ3v) is 3.10. The van der Waals surface area contributed by atoms with Crippen LogP contribution >= 0.6 is 11.8 Å². The number of nitrogens with zero attached hydrogens (tertiary/aromatic N) is 2.